The minimum absolute atomic E-state index is 0.0318. The van der Waals surface area contributed by atoms with Gasteiger partial charge < -0.3 is 20.1 Å². The number of benzene rings is 1. The predicted molar refractivity (Wildman–Crippen MR) is 88.7 cm³/mol. The van der Waals surface area contributed by atoms with Crippen LogP contribution in [0.3, 0.4) is 0 Å². The highest BCUT2D eigenvalue weighted by molar-refractivity contribution is 5.76. The van der Waals surface area contributed by atoms with Crippen molar-refractivity contribution in [2.24, 2.45) is 0 Å². The summed E-state index contributed by atoms with van der Waals surface area (Å²) >= 11 is 0. The van der Waals surface area contributed by atoms with Crippen LogP contribution in [0.5, 0.6) is 11.5 Å². The topological polar surface area (TPSA) is 72.5 Å². The molecule has 0 spiro atoms. The SMILES string of the molecule is COc1ccc(NCCC(=O)NCc2ccccn2)c(OC)c1. The molecule has 2 rings (SSSR count). The van der Waals surface area contributed by atoms with Crippen molar-refractivity contribution in [3.63, 3.8) is 0 Å². The number of hydrogen-bond donors (Lipinski definition) is 2. The lowest BCUT2D eigenvalue weighted by Crippen LogP contribution is -2.25. The minimum Gasteiger partial charge on any atom is -0.497 e. The summed E-state index contributed by atoms with van der Waals surface area (Å²) in [6.45, 7) is 0.947. The van der Waals surface area contributed by atoms with Crippen LogP contribution in [-0.2, 0) is 11.3 Å². The van der Waals surface area contributed by atoms with Crippen LogP contribution in [0.2, 0.25) is 0 Å². The highest BCUT2D eigenvalue weighted by Gasteiger charge is 2.06. The molecule has 2 N–H and O–H groups in total. The van der Waals surface area contributed by atoms with Gasteiger partial charge in [0.15, 0.2) is 0 Å². The summed E-state index contributed by atoms with van der Waals surface area (Å²) < 4.78 is 10.4. The predicted octanol–water partition coefficient (Wildman–Crippen LogP) is 2.22. The molecule has 0 aliphatic heterocycles. The smallest absolute Gasteiger partial charge is 0.222 e. The van der Waals surface area contributed by atoms with Gasteiger partial charge in [0.1, 0.15) is 11.5 Å². The Morgan fingerprint density at radius 1 is 1.17 bits per heavy atom. The van der Waals surface area contributed by atoms with Crippen LogP contribution in [0.4, 0.5) is 5.69 Å². The molecular formula is C17H21N3O3. The summed E-state index contributed by atoms with van der Waals surface area (Å²) in [5.41, 5.74) is 1.66. The maximum absolute atomic E-state index is 11.8. The van der Waals surface area contributed by atoms with Crippen LogP contribution in [0.1, 0.15) is 12.1 Å². The first kappa shape index (κ1) is 16.6. The van der Waals surface area contributed by atoms with Crippen LogP contribution >= 0.6 is 0 Å². The van der Waals surface area contributed by atoms with Crippen molar-refractivity contribution in [2.45, 2.75) is 13.0 Å². The molecule has 0 aliphatic carbocycles. The van der Waals surface area contributed by atoms with Crippen LogP contribution in [0.15, 0.2) is 42.6 Å². The molecule has 6 nitrogen and oxygen atoms in total. The third-order valence-electron chi connectivity index (χ3n) is 3.27. The third-order valence-corrected chi connectivity index (χ3v) is 3.27. The van der Waals surface area contributed by atoms with Crippen molar-refractivity contribution in [1.82, 2.24) is 10.3 Å². The standard InChI is InChI=1S/C17H21N3O3/c1-22-14-6-7-15(16(11-14)23-2)19-10-8-17(21)20-12-13-5-3-4-9-18-13/h3-7,9,11,19H,8,10,12H2,1-2H3,(H,20,21). The Bertz CT molecular complexity index is 632. The number of amides is 1. The van der Waals surface area contributed by atoms with Gasteiger partial charge in [0.2, 0.25) is 5.91 Å². The summed E-state index contributed by atoms with van der Waals surface area (Å²) in [7, 11) is 3.20. The number of ether oxygens (including phenoxy) is 2. The van der Waals surface area contributed by atoms with Crippen molar-refractivity contribution >= 4 is 11.6 Å². The number of carbonyl (C=O) groups excluding carboxylic acids is 1. The number of pyridine rings is 1. The van der Waals surface area contributed by atoms with Crippen molar-refractivity contribution in [3.8, 4) is 11.5 Å². The zero-order valence-corrected chi connectivity index (χ0v) is 13.3. The molecule has 0 radical (unpaired) electrons. The second-order valence-electron chi connectivity index (χ2n) is 4.84. The van der Waals surface area contributed by atoms with E-state index in [2.05, 4.69) is 15.6 Å². The van der Waals surface area contributed by atoms with Gasteiger partial charge in [-0.3, -0.25) is 9.78 Å². The Labute approximate surface area is 135 Å². The van der Waals surface area contributed by atoms with Crippen molar-refractivity contribution in [2.75, 3.05) is 26.1 Å². The Balaban J connectivity index is 1.77. The third kappa shape index (κ3) is 5.18. The molecule has 0 fully saturated rings. The number of nitrogens with zero attached hydrogens (tertiary/aromatic N) is 1. The van der Waals surface area contributed by atoms with Gasteiger partial charge in [-0.2, -0.15) is 0 Å². The summed E-state index contributed by atoms with van der Waals surface area (Å²) in [6.07, 6.45) is 2.07. The quantitative estimate of drug-likeness (QED) is 0.781. The molecule has 1 amide bonds. The maximum Gasteiger partial charge on any atom is 0.222 e. The number of aromatic nitrogens is 1. The molecule has 1 heterocycles. The number of anilines is 1. The molecule has 1 aromatic heterocycles. The first-order chi connectivity index (χ1) is 11.2. The monoisotopic (exact) mass is 315 g/mol. The fourth-order valence-electron chi connectivity index (χ4n) is 2.04. The fraction of sp³-hybridized carbons (Fsp3) is 0.294. The van der Waals surface area contributed by atoms with Crippen LogP contribution < -0.4 is 20.1 Å². The van der Waals surface area contributed by atoms with Crippen LogP contribution in [0, 0.1) is 0 Å². The van der Waals surface area contributed by atoms with E-state index in [0.29, 0.717) is 25.3 Å². The summed E-state index contributed by atoms with van der Waals surface area (Å²) in [5, 5.41) is 6.03. The average Bonchev–Trinajstić information content (AvgIpc) is 2.61. The van der Waals surface area contributed by atoms with Gasteiger partial charge in [-0.1, -0.05) is 6.07 Å². The number of hydrogen-bond acceptors (Lipinski definition) is 5. The van der Waals surface area contributed by atoms with Crippen LogP contribution in [0.25, 0.3) is 0 Å². The van der Waals surface area contributed by atoms with Gasteiger partial charge in [0.25, 0.3) is 0 Å². The van der Waals surface area contributed by atoms with Crippen molar-refractivity contribution in [3.05, 3.63) is 48.3 Å². The number of rotatable bonds is 8. The van der Waals surface area contributed by atoms with Gasteiger partial charge in [0.05, 0.1) is 32.1 Å². The summed E-state index contributed by atoms with van der Waals surface area (Å²) in [5.74, 6) is 1.37. The van der Waals surface area contributed by atoms with E-state index >= 15 is 0 Å². The lowest BCUT2D eigenvalue weighted by atomic mass is 10.2. The Hall–Kier alpha value is -2.76. The molecule has 23 heavy (non-hydrogen) atoms. The zero-order valence-electron chi connectivity index (χ0n) is 13.3. The van der Waals surface area contributed by atoms with E-state index in [-0.39, 0.29) is 5.91 Å². The van der Waals surface area contributed by atoms with Gasteiger partial charge in [0, 0.05) is 25.2 Å². The second kappa shape index (κ2) is 8.63. The number of carbonyl (C=O) groups is 1. The Morgan fingerprint density at radius 2 is 2.04 bits per heavy atom. The van der Waals surface area contributed by atoms with E-state index in [1.165, 1.54) is 0 Å². The molecule has 0 unspecified atom stereocenters. The lowest BCUT2D eigenvalue weighted by molar-refractivity contribution is -0.121. The van der Waals surface area contributed by atoms with Gasteiger partial charge in [-0.15, -0.1) is 0 Å². The average molecular weight is 315 g/mol. The van der Waals surface area contributed by atoms with Gasteiger partial charge >= 0.3 is 0 Å². The summed E-state index contributed by atoms with van der Waals surface area (Å²) in [6, 6.07) is 11.1. The normalized spacial score (nSPS) is 10.0. The van der Waals surface area contributed by atoms with Gasteiger partial charge in [-0.05, 0) is 24.3 Å². The molecule has 0 saturated heterocycles. The van der Waals surface area contributed by atoms with E-state index in [0.717, 1.165) is 17.1 Å². The molecule has 0 atom stereocenters. The number of methoxy groups -OCH3 is 2. The molecule has 0 bridgehead atoms. The van der Waals surface area contributed by atoms with E-state index in [4.69, 9.17) is 9.47 Å². The summed E-state index contributed by atoms with van der Waals surface area (Å²) in [4.78, 5) is 16.0. The molecule has 0 saturated carbocycles. The van der Waals surface area contributed by atoms with Crippen LogP contribution in [-0.4, -0.2) is 31.7 Å². The first-order valence-corrected chi connectivity index (χ1v) is 7.35. The second-order valence-corrected chi connectivity index (χ2v) is 4.84. The number of nitrogens with one attached hydrogen (secondary N) is 2. The first-order valence-electron chi connectivity index (χ1n) is 7.35. The van der Waals surface area contributed by atoms with E-state index in [1.54, 1.807) is 26.5 Å². The highest BCUT2D eigenvalue weighted by Crippen LogP contribution is 2.28. The molecule has 0 aliphatic rings. The minimum atomic E-state index is -0.0318. The van der Waals surface area contributed by atoms with Crippen molar-refractivity contribution < 1.29 is 14.3 Å². The molecule has 6 heteroatoms. The largest absolute Gasteiger partial charge is 0.497 e. The van der Waals surface area contributed by atoms with Gasteiger partial charge in [-0.25, -0.2) is 0 Å². The molecule has 2 aromatic rings. The Kier molecular flexibility index (Phi) is 6.23. The van der Waals surface area contributed by atoms with E-state index in [9.17, 15) is 4.79 Å². The van der Waals surface area contributed by atoms with E-state index in [1.807, 2.05) is 30.3 Å². The highest BCUT2D eigenvalue weighted by atomic mass is 16.5. The van der Waals surface area contributed by atoms with E-state index < -0.39 is 0 Å². The molecule has 1 aromatic carbocycles. The maximum atomic E-state index is 11.8. The molecule has 122 valence electrons. The van der Waals surface area contributed by atoms with Crippen molar-refractivity contribution in [1.29, 1.82) is 0 Å². The Morgan fingerprint density at radius 3 is 2.74 bits per heavy atom. The fourth-order valence-corrected chi connectivity index (χ4v) is 2.04. The lowest BCUT2D eigenvalue weighted by Gasteiger charge is -2.12. The zero-order chi connectivity index (χ0) is 16.5. The molecular weight excluding hydrogens is 294 g/mol.